The lowest BCUT2D eigenvalue weighted by molar-refractivity contribution is -0.152. The molecule has 0 heterocycles. The van der Waals surface area contributed by atoms with E-state index >= 15 is 0 Å². The molecule has 0 unspecified atom stereocenters. The molecule has 1 aromatic rings. The molecule has 0 bridgehead atoms. The van der Waals surface area contributed by atoms with Crippen molar-refractivity contribution >= 4 is 17.6 Å². The summed E-state index contributed by atoms with van der Waals surface area (Å²) in [6.45, 7) is 1.93. The van der Waals surface area contributed by atoms with Crippen LogP contribution in [0.15, 0.2) is 18.2 Å². The summed E-state index contributed by atoms with van der Waals surface area (Å²) in [5.41, 5.74) is 0.560. The third-order valence-corrected chi connectivity index (χ3v) is 5.16. The summed E-state index contributed by atoms with van der Waals surface area (Å²) >= 11 is 0. The van der Waals surface area contributed by atoms with Gasteiger partial charge in [-0.05, 0) is 43.7 Å². The zero-order valence-electron chi connectivity index (χ0n) is 16.6. The van der Waals surface area contributed by atoms with Crippen LogP contribution in [0.3, 0.4) is 0 Å². The van der Waals surface area contributed by atoms with Crippen LogP contribution in [0.2, 0.25) is 0 Å². The lowest BCUT2D eigenvalue weighted by Gasteiger charge is -2.27. The number of esters is 1. The highest BCUT2D eigenvalue weighted by atomic mass is 16.5. The van der Waals surface area contributed by atoms with Crippen molar-refractivity contribution in [1.82, 2.24) is 0 Å². The number of ether oxygens (including phenoxy) is 3. The van der Waals surface area contributed by atoms with Crippen molar-refractivity contribution in [1.29, 1.82) is 0 Å². The molecule has 2 rings (SSSR count). The lowest BCUT2D eigenvalue weighted by Crippen LogP contribution is -2.27. The normalized spacial score (nSPS) is 19.2. The third kappa shape index (κ3) is 6.45. The maximum absolute atomic E-state index is 12.2. The third-order valence-electron chi connectivity index (χ3n) is 5.16. The molecule has 0 aliphatic heterocycles. The number of hydrogen-bond acceptors (Lipinski definition) is 5. The summed E-state index contributed by atoms with van der Waals surface area (Å²) < 4.78 is 15.6. The number of carbonyl (C=O) groups is 2. The summed E-state index contributed by atoms with van der Waals surface area (Å²) in [6, 6.07) is 5.08. The molecule has 1 N–H and O–H groups in total. The number of rotatable bonds is 9. The summed E-state index contributed by atoms with van der Waals surface area (Å²) in [5.74, 6) is 1.14. The van der Waals surface area contributed by atoms with Crippen LogP contribution in [0, 0.1) is 11.8 Å². The van der Waals surface area contributed by atoms with Crippen LogP contribution in [-0.2, 0) is 14.3 Å². The number of nitrogens with one attached hydrogen (secondary N) is 1. The number of benzene rings is 1. The Kier molecular flexibility index (Phi) is 8.43. The Morgan fingerprint density at radius 2 is 1.78 bits per heavy atom. The van der Waals surface area contributed by atoms with Gasteiger partial charge in [-0.3, -0.25) is 9.59 Å². The first-order valence-corrected chi connectivity index (χ1v) is 9.75. The Balaban J connectivity index is 1.75. The molecule has 1 aromatic carbocycles. The molecule has 1 aliphatic rings. The van der Waals surface area contributed by atoms with Gasteiger partial charge in [-0.2, -0.15) is 0 Å². The zero-order chi connectivity index (χ0) is 19.6. The standard InChI is InChI=1S/C21H31NO5/c1-4-5-6-15-7-9-16(10-8-15)21(24)27-14-20(23)22-17-11-12-18(25-2)19(13-17)26-3/h11-13,15-16H,4-10,14H2,1-3H3,(H,22,23). The average Bonchev–Trinajstić information content (AvgIpc) is 2.70. The van der Waals surface area contributed by atoms with Crippen molar-refractivity contribution in [3.63, 3.8) is 0 Å². The van der Waals surface area contributed by atoms with E-state index in [1.807, 2.05) is 0 Å². The number of carbonyl (C=O) groups excluding carboxylic acids is 2. The van der Waals surface area contributed by atoms with Gasteiger partial charge in [0.25, 0.3) is 5.91 Å². The average molecular weight is 377 g/mol. The summed E-state index contributed by atoms with van der Waals surface area (Å²) in [4.78, 5) is 24.3. The quantitative estimate of drug-likeness (QED) is 0.654. The van der Waals surface area contributed by atoms with Crippen LogP contribution in [-0.4, -0.2) is 32.7 Å². The van der Waals surface area contributed by atoms with Crippen molar-refractivity contribution < 1.29 is 23.8 Å². The molecule has 0 spiro atoms. The number of amides is 1. The Hall–Kier alpha value is -2.24. The Bertz CT molecular complexity index is 623. The molecular weight excluding hydrogens is 346 g/mol. The van der Waals surface area contributed by atoms with Gasteiger partial charge >= 0.3 is 5.97 Å². The summed E-state index contributed by atoms with van der Waals surface area (Å²) in [5, 5.41) is 2.70. The minimum atomic E-state index is -0.368. The first-order chi connectivity index (χ1) is 13.1. The fourth-order valence-electron chi connectivity index (χ4n) is 3.55. The van der Waals surface area contributed by atoms with Gasteiger partial charge in [-0.1, -0.05) is 26.2 Å². The van der Waals surface area contributed by atoms with E-state index in [0.717, 1.165) is 31.6 Å². The van der Waals surface area contributed by atoms with Gasteiger partial charge in [-0.25, -0.2) is 0 Å². The van der Waals surface area contributed by atoms with E-state index < -0.39 is 0 Å². The van der Waals surface area contributed by atoms with Gasteiger partial charge < -0.3 is 19.5 Å². The van der Waals surface area contributed by atoms with E-state index in [4.69, 9.17) is 14.2 Å². The molecule has 27 heavy (non-hydrogen) atoms. The second kappa shape index (κ2) is 10.8. The smallest absolute Gasteiger partial charge is 0.309 e. The van der Waals surface area contributed by atoms with Gasteiger partial charge in [0, 0.05) is 11.8 Å². The molecule has 150 valence electrons. The van der Waals surface area contributed by atoms with Gasteiger partial charge in [0.2, 0.25) is 0 Å². The fourth-order valence-corrected chi connectivity index (χ4v) is 3.55. The number of hydrogen-bond donors (Lipinski definition) is 1. The first-order valence-electron chi connectivity index (χ1n) is 9.75. The molecule has 0 radical (unpaired) electrons. The molecule has 1 aliphatic carbocycles. The van der Waals surface area contributed by atoms with Crippen LogP contribution < -0.4 is 14.8 Å². The van der Waals surface area contributed by atoms with E-state index in [9.17, 15) is 9.59 Å². The lowest BCUT2D eigenvalue weighted by atomic mass is 9.80. The molecule has 6 nitrogen and oxygen atoms in total. The second-order valence-electron chi connectivity index (χ2n) is 7.09. The van der Waals surface area contributed by atoms with Crippen LogP contribution in [0.1, 0.15) is 51.9 Å². The number of methoxy groups -OCH3 is 2. The highest BCUT2D eigenvalue weighted by molar-refractivity contribution is 5.93. The molecule has 0 atom stereocenters. The predicted molar refractivity (Wildman–Crippen MR) is 104 cm³/mol. The Morgan fingerprint density at radius 3 is 2.41 bits per heavy atom. The highest BCUT2D eigenvalue weighted by Crippen LogP contribution is 2.32. The van der Waals surface area contributed by atoms with E-state index in [0.29, 0.717) is 17.2 Å². The molecular formula is C21H31NO5. The van der Waals surface area contributed by atoms with E-state index in [1.165, 1.54) is 26.4 Å². The second-order valence-corrected chi connectivity index (χ2v) is 7.09. The van der Waals surface area contributed by atoms with Crippen LogP contribution in [0.4, 0.5) is 5.69 Å². The molecule has 1 amide bonds. The molecule has 6 heteroatoms. The monoisotopic (exact) mass is 377 g/mol. The first kappa shape index (κ1) is 21.1. The van der Waals surface area contributed by atoms with Gasteiger partial charge in [-0.15, -0.1) is 0 Å². The highest BCUT2D eigenvalue weighted by Gasteiger charge is 2.27. The van der Waals surface area contributed by atoms with Gasteiger partial charge in [0.15, 0.2) is 18.1 Å². The Morgan fingerprint density at radius 1 is 1.07 bits per heavy atom. The summed E-state index contributed by atoms with van der Waals surface area (Å²) in [7, 11) is 3.08. The van der Waals surface area contributed by atoms with E-state index in [1.54, 1.807) is 25.3 Å². The zero-order valence-corrected chi connectivity index (χ0v) is 16.6. The minimum Gasteiger partial charge on any atom is -0.493 e. The van der Waals surface area contributed by atoms with Crippen molar-refractivity contribution in [3.05, 3.63) is 18.2 Å². The topological polar surface area (TPSA) is 73.9 Å². The van der Waals surface area contributed by atoms with Crippen molar-refractivity contribution in [2.75, 3.05) is 26.1 Å². The maximum Gasteiger partial charge on any atom is 0.309 e. The Labute approximate surface area is 161 Å². The summed E-state index contributed by atoms with van der Waals surface area (Å²) in [6.07, 6.45) is 7.63. The van der Waals surface area contributed by atoms with Crippen LogP contribution in [0.5, 0.6) is 11.5 Å². The van der Waals surface area contributed by atoms with Crippen LogP contribution in [0.25, 0.3) is 0 Å². The molecule has 0 aromatic heterocycles. The van der Waals surface area contributed by atoms with Gasteiger partial charge in [0.05, 0.1) is 20.1 Å². The van der Waals surface area contributed by atoms with Crippen molar-refractivity contribution in [2.45, 2.75) is 51.9 Å². The molecule has 0 saturated heterocycles. The van der Waals surface area contributed by atoms with Gasteiger partial charge in [0.1, 0.15) is 0 Å². The largest absolute Gasteiger partial charge is 0.493 e. The van der Waals surface area contributed by atoms with E-state index in [-0.39, 0.29) is 24.4 Å². The fraction of sp³-hybridized carbons (Fsp3) is 0.619. The predicted octanol–water partition coefficient (Wildman–Crippen LogP) is 4.18. The van der Waals surface area contributed by atoms with Crippen molar-refractivity contribution in [3.8, 4) is 11.5 Å². The van der Waals surface area contributed by atoms with Crippen molar-refractivity contribution in [2.24, 2.45) is 11.8 Å². The molecule has 1 saturated carbocycles. The minimum absolute atomic E-state index is 0.0724. The van der Waals surface area contributed by atoms with E-state index in [2.05, 4.69) is 12.2 Å². The SMILES string of the molecule is CCCCC1CCC(C(=O)OCC(=O)Nc2ccc(OC)c(OC)c2)CC1. The number of unbranched alkanes of at least 4 members (excludes halogenated alkanes) is 1. The molecule has 1 fully saturated rings. The number of anilines is 1. The van der Waals surface area contributed by atoms with Crippen LogP contribution >= 0.6 is 0 Å². The maximum atomic E-state index is 12.2.